The van der Waals surface area contributed by atoms with Crippen LogP contribution in [0.25, 0.3) is 0 Å². The standard InChI is InChI=1S/C19H19F3N4O3/c1-11(19(20,21)22)29-16-5-2-12(9-24-16)10-25-17(27)14-6-7-23-15(8-14)26-18(28)13-3-4-13/h2,5-9,11,13H,3-4,10H2,1H3,(H,25,27)(H,23,26,28). The van der Waals surface area contributed by atoms with Crippen LogP contribution in [0.3, 0.4) is 0 Å². The maximum absolute atomic E-state index is 12.5. The number of halogens is 3. The van der Waals surface area contributed by atoms with Gasteiger partial charge in [-0.25, -0.2) is 9.97 Å². The minimum atomic E-state index is -4.48. The summed E-state index contributed by atoms with van der Waals surface area (Å²) in [6, 6.07) is 5.81. The van der Waals surface area contributed by atoms with Gasteiger partial charge in [0.05, 0.1) is 0 Å². The summed E-state index contributed by atoms with van der Waals surface area (Å²) in [5.41, 5.74) is 0.902. The van der Waals surface area contributed by atoms with Crippen molar-refractivity contribution in [3.05, 3.63) is 47.8 Å². The Bertz CT molecular complexity index is 883. The summed E-state index contributed by atoms with van der Waals surface area (Å²) >= 11 is 0. The van der Waals surface area contributed by atoms with Crippen LogP contribution < -0.4 is 15.4 Å². The Hall–Kier alpha value is -3.17. The summed E-state index contributed by atoms with van der Waals surface area (Å²) in [5.74, 6) is -0.330. The van der Waals surface area contributed by atoms with E-state index >= 15 is 0 Å². The van der Waals surface area contributed by atoms with Crippen molar-refractivity contribution < 1.29 is 27.5 Å². The molecular formula is C19H19F3N4O3. The van der Waals surface area contributed by atoms with E-state index < -0.39 is 12.3 Å². The number of nitrogens with one attached hydrogen (secondary N) is 2. The first-order chi connectivity index (χ1) is 13.7. The zero-order valence-electron chi connectivity index (χ0n) is 15.5. The Morgan fingerprint density at radius 3 is 2.62 bits per heavy atom. The molecule has 1 unspecified atom stereocenters. The third-order valence-electron chi connectivity index (χ3n) is 4.23. The first kappa shape index (κ1) is 20.6. The predicted molar refractivity (Wildman–Crippen MR) is 97.1 cm³/mol. The molecule has 0 saturated heterocycles. The van der Waals surface area contributed by atoms with E-state index in [0.29, 0.717) is 16.9 Å². The third kappa shape index (κ3) is 5.90. The molecule has 29 heavy (non-hydrogen) atoms. The summed E-state index contributed by atoms with van der Waals surface area (Å²) in [4.78, 5) is 31.9. The van der Waals surface area contributed by atoms with Crippen LogP contribution in [-0.4, -0.2) is 34.1 Å². The van der Waals surface area contributed by atoms with Gasteiger partial charge in [-0.2, -0.15) is 13.2 Å². The van der Waals surface area contributed by atoms with Gasteiger partial charge >= 0.3 is 6.18 Å². The number of ether oxygens (including phenoxy) is 1. The second kappa shape index (κ2) is 8.46. The minimum Gasteiger partial charge on any atom is -0.465 e. The lowest BCUT2D eigenvalue weighted by molar-refractivity contribution is -0.189. The van der Waals surface area contributed by atoms with Crippen molar-refractivity contribution in [3.63, 3.8) is 0 Å². The van der Waals surface area contributed by atoms with Crippen molar-refractivity contribution in [2.45, 2.75) is 38.6 Å². The molecule has 3 rings (SSSR count). The summed E-state index contributed by atoms with van der Waals surface area (Å²) in [7, 11) is 0. The Balaban J connectivity index is 1.53. The number of nitrogens with zero attached hydrogens (tertiary/aromatic N) is 2. The number of hydrogen-bond acceptors (Lipinski definition) is 5. The summed E-state index contributed by atoms with van der Waals surface area (Å²) in [6.45, 7) is 1.01. The zero-order valence-corrected chi connectivity index (χ0v) is 15.5. The zero-order chi connectivity index (χ0) is 21.0. The molecule has 1 aliphatic rings. The van der Waals surface area contributed by atoms with Gasteiger partial charge in [-0.1, -0.05) is 6.07 Å². The van der Waals surface area contributed by atoms with Gasteiger partial charge in [-0.3, -0.25) is 9.59 Å². The van der Waals surface area contributed by atoms with Crippen LogP contribution in [0.15, 0.2) is 36.7 Å². The Morgan fingerprint density at radius 2 is 2.00 bits per heavy atom. The van der Waals surface area contributed by atoms with E-state index in [4.69, 9.17) is 4.74 Å². The fourth-order valence-electron chi connectivity index (χ4n) is 2.33. The number of aromatic nitrogens is 2. The number of anilines is 1. The molecule has 0 bridgehead atoms. The third-order valence-corrected chi connectivity index (χ3v) is 4.23. The van der Waals surface area contributed by atoms with Crippen molar-refractivity contribution in [2.75, 3.05) is 5.32 Å². The van der Waals surface area contributed by atoms with Crippen molar-refractivity contribution >= 4 is 17.6 Å². The van der Waals surface area contributed by atoms with Crippen molar-refractivity contribution in [3.8, 4) is 5.88 Å². The molecule has 0 aromatic carbocycles. The number of pyridine rings is 2. The van der Waals surface area contributed by atoms with Gasteiger partial charge in [-0.05, 0) is 37.5 Å². The molecule has 2 aromatic heterocycles. The highest BCUT2D eigenvalue weighted by molar-refractivity contribution is 5.97. The number of carbonyl (C=O) groups is 2. The molecule has 0 spiro atoms. The Morgan fingerprint density at radius 1 is 1.24 bits per heavy atom. The van der Waals surface area contributed by atoms with Crippen LogP contribution in [0.5, 0.6) is 5.88 Å². The average molecular weight is 408 g/mol. The average Bonchev–Trinajstić information content (AvgIpc) is 3.52. The lowest BCUT2D eigenvalue weighted by atomic mass is 10.2. The van der Waals surface area contributed by atoms with Gasteiger partial charge in [0.15, 0.2) is 6.10 Å². The summed E-state index contributed by atoms with van der Waals surface area (Å²) in [5, 5.41) is 5.35. The molecule has 1 fully saturated rings. The van der Waals surface area contributed by atoms with Gasteiger partial charge in [0.25, 0.3) is 5.91 Å². The van der Waals surface area contributed by atoms with E-state index in [0.717, 1.165) is 19.8 Å². The minimum absolute atomic E-state index is 0.0212. The topological polar surface area (TPSA) is 93.2 Å². The largest absolute Gasteiger partial charge is 0.465 e. The molecule has 1 aliphatic carbocycles. The van der Waals surface area contributed by atoms with Crippen LogP contribution in [0.2, 0.25) is 0 Å². The van der Waals surface area contributed by atoms with Gasteiger partial charge in [0, 0.05) is 36.5 Å². The first-order valence-electron chi connectivity index (χ1n) is 8.96. The van der Waals surface area contributed by atoms with Crippen molar-refractivity contribution in [1.29, 1.82) is 0 Å². The number of rotatable bonds is 7. The van der Waals surface area contributed by atoms with Crippen LogP contribution in [-0.2, 0) is 11.3 Å². The van der Waals surface area contributed by atoms with E-state index in [1.54, 1.807) is 0 Å². The highest BCUT2D eigenvalue weighted by atomic mass is 19.4. The molecule has 1 saturated carbocycles. The summed E-state index contributed by atoms with van der Waals surface area (Å²) < 4.78 is 42.2. The number of amides is 2. The van der Waals surface area contributed by atoms with Gasteiger partial charge < -0.3 is 15.4 Å². The van der Waals surface area contributed by atoms with Crippen LogP contribution >= 0.6 is 0 Å². The lowest BCUT2D eigenvalue weighted by Gasteiger charge is -2.16. The molecule has 0 radical (unpaired) electrons. The predicted octanol–water partition coefficient (Wildman–Crippen LogP) is 3.08. The fraction of sp³-hybridized carbons (Fsp3) is 0.368. The smallest absolute Gasteiger partial charge is 0.425 e. The molecule has 1 atom stereocenters. The van der Waals surface area contributed by atoms with E-state index in [1.165, 1.54) is 36.7 Å². The number of carbonyl (C=O) groups excluding carboxylic acids is 2. The van der Waals surface area contributed by atoms with Gasteiger partial charge in [0.1, 0.15) is 5.82 Å². The van der Waals surface area contributed by atoms with Crippen molar-refractivity contribution in [2.24, 2.45) is 5.92 Å². The maximum atomic E-state index is 12.5. The molecule has 2 aromatic rings. The van der Waals surface area contributed by atoms with Crippen LogP contribution in [0, 0.1) is 5.92 Å². The quantitative estimate of drug-likeness (QED) is 0.735. The second-order valence-corrected chi connectivity index (χ2v) is 6.68. The lowest BCUT2D eigenvalue weighted by Crippen LogP contribution is -2.31. The SMILES string of the molecule is CC(Oc1ccc(CNC(=O)c2ccnc(NC(=O)C3CC3)c2)cn1)C(F)(F)F. The highest BCUT2D eigenvalue weighted by Crippen LogP contribution is 2.30. The number of hydrogen-bond donors (Lipinski definition) is 2. The van der Waals surface area contributed by atoms with E-state index in [-0.39, 0.29) is 30.2 Å². The Labute approximate surface area is 164 Å². The molecule has 10 heteroatoms. The highest BCUT2D eigenvalue weighted by Gasteiger charge is 2.38. The van der Waals surface area contributed by atoms with E-state index in [2.05, 4.69) is 20.6 Å². The molecule has 2 heterocycles. The second-order valence-electron chi connectivity index (χ2n) is 6.68. The van der Waals surface area contributed by atoms with Crippen LogP contribution in [0.4, 0.5) is 19.0 Å². The molecular weight excluding hydrogens is 389 g/mol. The Kier molecular flexibility index (Phi) is 6.00. The number of alkyl halides is 3. The molecule has 7 nitrogen and oxygen atoms in total. The molecule has 0 aliphatic heterocycles. The monoisotopic (exact) mass is 408 g/mol. The van der Waals surface area contributed by atoms with E-state index in [9.17, 15) is 22.8 Å². The molecule has 154 valence electrons. The normalized spacial score (nSPS) is 14.8. The van der Waals surface area contributed by atoms with Gasteiger partial charge in [-0.15, -0.1) is 0 Å². The fourth-order valence-corrected chi connectivity index (χ4v) is 2.33. The van der Waals surface area contributed by atoms with E-state index in [1.807, 2.05) is 0 Å². The first-order valence-corrected chi connectivity index (χ1v) is 8.96. The molecule has 2 N–H and O–H groups in total. The van der Waals surface area contributed by atoms with Crippen LogP contribution in [0.1, 0.15) is 35.7 Å². The summed E-state index contributed by atoms with van der Waals surface area (Å²) in [6.07, 6.45) is -1.98. The van der Waals surface area contributed by atoms with Crippen molar-refractivity contribution in [1.82, 2.24) is 15.3 Å². The maximum Gasteiger partial charge on any atom is 0.425 e. The molecule has 2 amide bonds. The van der Waals surface area contributed by atoms with Gasteiger partial charge in [0.2, 0.25) is 11.8 Å².